The largest absolute Gasteiger partial charge is 0.126 e. The molecule has 4 rings (SSSR count). The standard InChI is InChI=1S/C13H9.C5H5.C3H10OSi.C2H6Si.C2H5.CH3.2ClH.Si.Zr/c1-3-7-12-10(5-1)9-11-6-2-4-8-13(11)12;1-2-4-5-3-1;1-5(2,3)4;1-3-2;1-2;;;;;/h1-9H;1-3H,4H2;4H,1-3H3;1-2H3;1H2,2H3;1H3;2*1H;;/q2*-1;;;2*-1;;;;. The van der Waals surface area contributed by atoms with Gasteiger partial charge in [0.2, 0.25) is 0 Å². The Hall–Kier alpha value is -0.136. The molecule has 33 heavy (non-hydrogen) atoms. The molecule has 1 N–H and O–H groups in total. The number of fused-ring (bicyclic) bond motifs is 3. The minimum absolute atomic E-state index is 0. The van der Waals surface area contributed by atoms with Gasteiger partial charge in [0, 0.05) is 9.52 Å². The number of allylic oxidation sites excluding steroid dienone is 4. The van der Waals surface area contributed by atoms with Gasteiger partial charge < -0.3 is 19.1 Å². The van der Waals surface area contributed by atoms with Gasteiger partial charge in [0.05, 0.1) is 0 Å². The summed E-state index contributed by atoms with van der Waals surface area (Å²) in [7, 11) is -0.528. The molecule has 0 fully saturated rings. The van der Waals surface area contributed by atoms with Crippen molar-refractivity contribution in [1.29, 1.82) is 0 Å². The van der Waals surface area contributed by atoms with E-state index in [0.29, 0.717) is 0 Å². The van der Waals surface area contributed by atoms with Gasteiger partial charge in [-0.3, -0.25) is 6.08 Å². The molecule has 0 aromatic heterocycles. The molecule has 1 aliphatic carbocycles. The average molecular weight is 615 g/mol. The van der Waals surface area contributed by atoms with Crippen LogP contribution in [0.2, 0.25) is 32.7 Å². The van der Waals surface area contributed by atoms with E-state index in [2.05, 4.69) is 93.6 Å². The van der Waals surface area contributed by atoms with Gasteiger partial charge in [0.15, 0.2) is 8.32 Å². The van der Waals surface area contributed by atoms with Crippen LogP contribution in [0, 0.1) is 20.4 Å². The molecule has 7 heteroatoms. The Morgan fingerprint density at radius 3 is 1.52 bits per heavy atom. The molecule has 4 radical (unpaired) electrons. The van der Waals surface area contributed by atoms with Crippen LogP contribution in [0.1, 0.15) is 13.3 Å². The Kier molecular flexibility index (Phi) is 36.6. The van der Waals surface area contributed by atoms with Crippen LogP contribution in [0.25, 0.3) is 21.5 Å². The van der Waals surface area contributed by atoms with E-state index < -0.39 is 8.32 Å². The van der Waals surface area contributed by atoms with Gasteiger partial charge in [-0.1, -0.05) is 49.5 Å². The minimum atomic E-state index is -1.61. The van der Waals surface area contributed by atoms with Gasteiger partial charge in [0.1, 0.15) is 0 Å². The zero-order valence-corrected chi connectivity index (χ0v) is 28.2. The second-order valence-corrected chi connectivity index (χ2v) is 12.3. The Labute approximate surface area is 236 Å². The molecule has 0 saturated carbocycles. The van der Waals surface area contributed by atoms with E-state index in [1.54, 1.807) is 6.92 Å². The number of hydrogen-bond acceptors (Lipinski definition) is 1. The van der Waals surface area contributed by atoms with E-state index in [-0.39, 0.29) is 32.2 Å². The van der Waals surface area contributed by atoms with E-state index >= 15 is 0 Å². The van der Waals surface area contributed by atoms with Crippen LogP contribution in [-0.4, -0.2) is 29.5 Å². The third kappa shape index (κ3) is 23.4. The molecule has 0 bridgehead atoms. The predicted octanol–water partition coefficient (Wildman–Crippen LogP) is 8.37. The zero-order chi connectivity index (χ0) is 23.4. The smallest absolute Gasteiger partial charge is 0.0771 e. The fourth-order valence-corrected chi connectivity index (χ4v) is 2.24. The predicted molar refractivity (Wildman–Crippen MR) is 159 cm³/mol. The van der Waals surface area contributed by atoms with E-state index in [9.17, 15) is 0 Å². The van der Waals surface area contributed by atoms with Crippen molar-refractivity contribution in [3.8, 4) is 0 Å². The summed E-state index contributed by atoms with van der Waals surface area (Å²) in [6.45, 7) is 18.0. The Morgan fingerprint density at radius 2 is 1.27 bits per heavy atom. The van der Waals surface area contributed by atoms with Gasteiger partial charge in [-0.2, -0.15) is 13.0 Å². The summed E-state index contributed by atoms with van der Waals surface area (Å²) < 4.78 is 0. The van der Waals surface area contributed by atoms with E-state index in [1.807, 2.05) is 31.8 Å². The number of rotatable bonds is 0. The molecule has 0 aliphatic heterocycles. The summed E-state index contributed by atoms with van der Waals surface area (Å²) in [6, 6.07) is 19.3. The molecule has 184 valence electrons. The fraction of sp³-hybridized carbons (Fsp3) is 0.269. The zero-order valence-electron chi connectivity index (χ0n) is 21.1. The van der Waals surface area contributed by atoms with Crippen molar-refractivity contribution in [2.75, 3.05) is 0 Å². The second-order valence-electron chi connectivity index (χ2n) is 6.99. The van der Waals surface area contributed by atoms with Gasteiger partial charge in [-0.05, 0) is 19.6 Å². The third-order valence-corrected chi connectivity index (χ3v) is 3.11. The number of benzene rings is 2. The van der Waals surface area contributed by atoms with Crippen LogP contribution in [0.4, 0.5) is 0 Å². The second kappa shape index (κ2) is 28.1. The Bertz CT molecular complexity index is 793. The summed E-state index contributed by atoms with van der Waals surface area (Å²) in [5.41, 5.74) is 0. The van der Waals surface area contributed by atoms with Crippen LogP contribution in [0.5, 0.6) is 0 Å². The summed E-state index contributed by atoms with van der Waals surface area (Å²) in [5, 5.41) is 5.39. The van der Waals surface area contributed by atoms with Crippen LogP contribution >= 0.6 is 24.8 Å². The maximum absolute atomic E-state index is 8.66. The first kappa shape index (κ1) is 43.0. The van der Waals surface area contributed by atoms with Crippen molar-refractivity contribution < 1.29 is 28.1 Å². The Morgan fingerprint density at radius 1 is 0.939 bits per heavy atom. The van der Waals surface area contributed by atoms with Crippen molar-refractivity contribution >= 4 is 71.1 Å². The molecule has 0 unspecified atom stereocenters. The fourth-order valence-electron chi connectivity index (χ4n) is 2.24. The molecule has 0 atom stereocenters. The molecular formula is C26H40Cl2OSi3Zr-4. The van der Waals surface area contributed by atoms with Crippen molar-refractivity contribution in [2.24, 2.45) is 0 Å². The SMILES string of the molecule is C[Si](C)(C)O.C[Si]C.Cl.Cl.[C-]1=CC=CC1.[CH2-]C.[CH3-].[Si]=[Zr].c1ccc2c(c1)[cH-]c1ccccc12. The quantitative estimate of drug-likeness (QED) is 0.199. The summed E-state index contributed by atoms with van der Waals surface area (Å²) >= 11 is 1.36. The first-order valence-electron chi connectivity index (χ1n) is 9.88. The van der Waals surface area contributed by atoms with E-state index in [4.69, 9.17) is 4.80 Å². The molecular weight excluding hydrogens is 575 g/mol. The monoisotopic (exact) mass is 612 g/mol. The van der Waals surface area contributed by atoms with Crippen molar-refractivity contribution in [3.05, 3.63) is 93.3 Å². The third-order valence-electron chi connectivity index (χ3n) is 3.11. The summed E-state index contributed by atoms with van der Waals surface area (Å²) in [6.07, 6.45) is 10.0. The molecule has 3 aromatic carbocycles. The minimum Gasteiger partial charge on any atom is -0.126 e. The van der Waals surface area contributed by atoms with E-state index in [1.165, 1.54) is 44.9 Å². The average Bonchev–Trinajstić information content (AvgIpc) is 3.42. The number of halogens is 2. The van der Waals surface area contributed by atoms with E-state index in [0.717, 1.165) is 15.9 Å². The maximum atomic E-state index is 8.66. The maximum Gasteiger partial charge on any atom is -0.0771 e. The first-order chi connectivity index (χ1) is 14.4. The van der Waals surface area contributed by atoms with Crippen LogP contribution in [0.3, 0.4) is 0 Å². The summed E-state index contributed by atoms with van der Waals surface area (Å²) in [4.78, 5) is 8.66. The topological polar surface area (TPSA) is 20.2 Å². The molecule has 0 spiro atoms. The van der Waals surface area contributed by atoms with Gasteiger partial charge in [-0.25, -0.2) is 12.2 Å². The molecule has 0 heterocycles. The Balaban J connectivity index is -0.000000112. The summed E-state index contributed by atoms with van der Waals surface area (Å²) in [5.74, 6) is 0. The number of hydrogen-bond donors (Lipinski definition) is 1. The molecule has 1 aliphatic rings. The molecule has 0 amide bonds. The molecule has 3 aromatic rings. The first-order valence-corrected chi connectivity index (χ1v) is 19.5. The van der Waals surface area contributed by atoms with Crippen molar-refractivity contribution in [3.63, 3.8) is 0 Å². The molecule has 0 saturated heterocycles. The molecule has 1 nitrogen and oxygen atoms in total. The van der Waals surface area contributed by atoms with Gasteiger partial charge in [-0.15, -0.1) is 71.0 Å². The van der Waals surface area contributed by atoms with Crippen molar-refractivity contribution in [1.82, 2.24) is 0 Å². The van der Waals surface area contributed by atoms with Gasteiger partial charge in [0.25, 0.3) is 0 Å². The normalized spacial score (nSPS) is 9.67. The van der Waals surface area contributed by atoms with Crippen LogP contribution in [0.15, 0.2) is 72.8 Å². The van der Waals surface area contributed by atoms with Gasteiger partial charge >= 0.3 is 30.2 Å². The van der Waals surface area contributed by atoms with Crippen LogP contribution in [-0.2, 0) is 23.3 Å². The van der Waals surface area contributed by atoms with Crippen molar-refractivity contribution in [2.45, 2.75) is 46.1 Å². The van der Waals surface area contributed by atoms with Crippen LogP contribution < -0.4 is 0 Å².